The van der Waals surface area contributed by atoms with Gasteiger partial charge in [-0.15, -0.1) is 0 Å². The van der Waals surface area contributed by atoms with Gasteiger partial charge in [0.05, 0.1) is 0 Å². The Bertz CT molecular complexity index is 441. The van der Waals surface area contributed by atoms with Gasteiger partial charge in [0.15, 0.2) is 5.82 Å². The predicted molar refractivity (Wildman–Crippen MR) is 77.5 cm³/mol. The van der Waals surface area contributed by atoms with Gasteiger partial charge in [-0.2, -0.15) is 0 Å². The Labute approximate surface area is 116 Å². The number of aromatic nitrogens is 2. The van der Waals surface area contributed by atoms with Crippen molar-refractivity contribution < 1.29 is 4.74 Å². The van der Waals surface area contributed by atoms with Crippen molar-refractivity contribution in [2.45, 2.75) is 52.6 Å². The summed E-state index contributed by atoms with van der Waals surface area (Å²) in [7, 11) is 1.75. The summed E-state index contributed by atoms with van der Waals surface area (Å²) >= 11 is 0. The van der Waals surface area contributed by atoms with Crippen molar-refractivity contribution in [1.82, 2.24) is 9.97 Å². The molecule has 1 fully saturated rings. The quantitative estimate of drug-likeness (QED) is 0.854. The highest BCUT2D eigenvalue weighted by molar-refractivity contribution is 5.48. The third-order valence-corrected chi connectivity index (χ3v) is 3.63. The summed E-state index contributed by atoms with van der Waals surface area (Å²) in [6.45, 7) is 9.40. The summed E-state index contributed by atoms with van der Waals surface area (Å²) in [5.74, 6) is 2.83. The van der Waals surface area contributed by atoms with Crippen LogP contribution < -0.4 is 5.32 Å². The molecule has 19 heavy (non-hydrogen) atoms. The molecule has 1 heterocycles. The Balaban J connectivity index is 2.40. The van der Waals surface area contributed by atoms with E-state index >= 15 is 0 Å². The van der Waals surface area contributed by atoms with E-state index in [1.807, 2.05) is 0 Å². The maximum atomic E-state index is 5.60. The van der Waals surface area contributed by atoms with Gasteiger partial charge in [0, 0.05) is 24.9 Å². The number of nitrogens with zero attached hydrogens (tertiary/aromatic N) is 2. The van der Waals surface area contributed by atoms with Crippen molar-refractivity contribution in [2.75, 3.05) is 19.0 Å². The summed E-state index contributed by atoms with van der Waals surface area (Å²) in [4.78, 5) is 9.42. The van der Waals surface area contributed by atoms with E-state index in [2.05, 4.69) is 33.0 Å². The monoisotopic (exact) mass is 263 g/mol. The van der Waals surface area contributed by atoms with Gasteiger partial charge in [-0.3, -0.25) is 0 Å². The predicted octanol–water partition coefficient (Wildman–Crippen LogP) is 3.44. The van der Waals surface area contributed by atoms with Crippen LogP contribution in [0.15, 0.2) is 0 Å². The molecule has 1 aliphatic rings. The van der Waals surface area contributed by atoms with E-state index in [0.29, 0.717) is 11.8 Å². The lowest BCUT2D eigenvalue weighted by atomic mass is 10.0. The first-order chi connectivity index (χ1) is 9.08. The number of anilines is 1. The maximum absolute atomic E-state index is 5.60. The molecule has 1 atom stereocenters. The Morgan fingerprint density at radius 2 is 2.00 bits per heavy atom. The molecule has 0 saturated heterocycles. The van der Waals surface area contributed by atoms with Crippen LogP contribution in [-0.2, 0) is 4.74 Å². The molecule has 1 saturated carbocycles. The van der Waals surface area contributed by atoms with Gasteiger partial charge in [0.25, 0.3) is 0 Å². The van der Waals surface area contributed by atoms with Gasteiger partial charge in [0.1, 0.15) is 11.9 Å². The van der Waals surface area contributed by atoms with Crippen molar-refractivity contribution in [3.05, 3.63) is 17.1 Å². The third-order valence-electron chi connectivity index (χ3n) is 3.63. The Kier molecular flexibility index (Phi) is 4.40. The zero-order valence-electron chi connectivity index (χ0n) is 12.7. The first kappa shape index (κ1) is 14.3. The number of ether oxygens (including phenoxy) is 1. The fraction of sp³-hybridized carbons (Fsp3) is 0.733. The number of aryl methyl sites for hydroxylation is 1. The molecule has 0 aliphatic heterocycles. The molecule has 1 aromatic rings. The molecule has 106 valence electrons. The summed E-state index contributed by atoms with van der Waals surface area (Å²) in [6.07, 6.45) is 2.50. The van der Waals surface area contributed by atoms with Crippen molar-refractivity contribution >= 4 is 5.82 Å². The van der Waals surface area contributed by atoms with E-state index in [4.69, 9.17) is 14.7 Å². The number of nitrogens with one attached hydrogen (secondary N) is 1. The van der Waals surface area contributed by atoms with Crippen LogP contribution in [0.3, 0.4) is 0 Å². The van der Waals surface area contributed by atoms with Gasteiger partial charge in [0.2, 0.25) is 0 Å². The summed E-state index contributed by atoms with van der Waals surface area (Å²) in [5, 5.41) is 3.37. The molecule has 0 spiro atoms. The molecular weight excluding hydrogens is 238 g/mol. The lowest BCUT2D eigenvalue weighted by molar-refractivity contribution is 0.0771. The van der Waals surface area contributed by atoms with Crippen LogP contribution >= 0.6 is 0 Å². The van der Waals surface area contributed by atoms with E-state index in [0.717, 1.165) is 23.9 Å². The van der Waals surface area contributed by atoms with E-state index in [1.54, 1.807) is 7.11 Å². The molecule has 0 amide bonds. The van der Waals surface area contributed by atoms with Crippen LogP contribution in [-0.4, -0.2) is 23.6 Å². The first-order valence-corrected chi connectivity index (χ1v) is 7.23. The summed E-state index contributed by atoms with van der Waals surface area (Å²) in [6, 6.07) is 0. The van der Waals surface area contributed by atoms with E-state index in [-0.39, 0.29) is 6.10 Å². The minimum Gasteiger partial charge on any atom is -0.373 e. The molecule has 4 heteroatoms. The molecule has 0 radical (unpaired) electrons. The Hall–Kier alpha value is -1.16. The fourth-order valence-electron chi connectivity index (χ4n) is 2.63. The molecular formula is C15H25N3O. The average molecular weight is 263 g/mol. The number of hydrogen-bond acceptors (Lipinski definition) is 4. The van der Waals surface area contributed by atoms with Crippen molar-refractivity contribution in [3.8, 4) is 0 Å². The number of hydrogen-bond donors (Lipinski definition) is 1. The standard InChI is InChI=1S/C15H25N3O/c1-6-16-14-12(9(2)3)10(4)17-15(18-14)13(19-5)11-7-8-11/h9,11,13H,6-8H2,1-5H3,(H,16,17,18). The van der Waals surface area contributed by atoms with Gasteiger partial charge in [-0.25, -0.2) is 9.97 Å². The molecule has 1 aliphatic carbocycles. The summed E-state index contributed by atoms with van der Waals surface area (Å²) in [5.41, 5.74) is 2.29. The number of methoxy groups -OCH3 is 1. The highest BCUT2D eigenvalue weighted by Gasteiger charge is 2.35. The number of rotatable bonds is 6. The topological polar surface area (TPSA) is 47.0 Å². The minimum atomic E-state index is 0.0531. The van der Waals surface area contributed by atoms with Crippen molar-refractivity contribution in [2.24, 2.45) is 5.92 Å². The molecule has 2 rings (SSSR count). The second-order valence-electron chi connectivity index (χ2n) is 5.61. The van der Waals surface area contributed by atoms with Gasteiger partial charge in [-0.05, 0) is 38.5 Å². The second-order valence-corrected chi connectivity index (χ2v) is 5.61. The SMILES string of the molecule is CCNc1nc(C(OC)C2CC2)nc(C)c1C(C)C. The molecule has 1 unspecified atom stereocenters. The smallest absolute Gasteiger partial charge is 0.160 e. The van der Waals surface area contributed by atoms with Crippen LogP contribution in [0.25, 0.3) is 0 Å². The zero-order valence-corrected chi connectivity index (χ0v) is 12.7. The van der Waals surface area contributed by atoms with Crippen LogP contribution in [0.2, 0.25) is 0 Å². The third kappa shape index (κ3) is 3.06. The molecule has 1 N–H and O–H groups in total. The lowest BCUT2D eigenvalue weighted by Gasteiger charge is -2.20. The van der Waals surface area contributed by atoms with E-state index < -0.39 is 0 Å². The molecule has 1 aromatic heterocycles. The maximum Gasteiger partial charge on any atom is 0.160 e. The minimum absolute atomic E-state index is 0.0531. The van der Waals surface area contributed by atoms with Crippen LogP contribution in [0.1, 0.15) is 62.7 Å². The fourth-order valence-corrected chi connectivity index (χ4v) is 2.63. The largest absolute Gasteiger partial charge is 0.373 e. The normalized spacial score (nSPS) is 16.7. The van der Waals surface area contributed by atoms with Gasteiger partial charge in [-0.1, -0.05) is 13.8 Å². The van der Waals surface area contributed by atoms with Gasteiger partial charge < -0.3 is 10.1 Å². The van der Waals surface area contributed by atoms with E-state index in [1.165, 1.54) is 18.4 Å². The van der Waals surface area contributed by atoms with Crippen molar-refractivity contribution in [3.63, 3.8) is 0 Å². The Morgan fingerprint density at radius 1 is 1.32 bits per heavy atom. The van der Waals surface area contributed by atoms with Gasteiger partial charge >= 0.3 is 0 Å². The van der Waals surface area contributed by atoms with Crippen molar-refractivity contribution in [1.29, 1.82) is 0 Å². The highest BCUT2D eigenvalue weighted by atomic mass is 16.5. The average Bonchev–Trinajstić information content (AvgIpc) is 3.14. The second kappa shape index (κ2) is 5.87. The molecule has 0 aromatic carbocycles. The zero-order chi connectivity index (χ0) is 14.0. The van der Waals surface area contributed by atoms with Crippen LogP contribution in [0, 0.1) is 12.8 Å². The molecule has 4 nitrogen and oxygen atoms in total. The van der Waals surface area contributed by atoms with E-state index in [9.17, 15) is 0 Å². The van der Waals surface area contributed by atoms with Crippen LogP contribution in [0.4, 0.5) is 5.82 Å². The highest BCUT2D eigenvalue weighted by Crippen LogP contribution is 2.42. The lowest BCUT2D eigenvalue weighted by Crippen LogP contribution is -2.15. The van der Waals surface area contributed by atoms with Crippen LogP contribution in [0.5, 0.6) is 0 Å². The summed E-state index contributed by atoms with van der Waals surface area (Å²) < 4.78 is 5.60. The Morgan fingerprint density at radius 3 is 2.47 bits per heavy atom. The first-order valence-electron chi connectivity index (χ1n) is 7.23. The molecule has 0 bridgehead atoms.